The molecule has 116 valence electrons. The Hall–Kier alpha value is -1.64. The van der Waals surface area contributed by atoms with Crippen LogP contribution in [0.5, 0.6) is 0 Å². The Morgan fingerprint density at radius 2 is 2.10 bits per heavy atom. The first-order chi connectivity index (χ1) is 9.86. The molecule has 0 aliphatic carbocycles. The highest BCUT2D eigenvalue weighted by Crippen LogP contribution is 2.25. The lowest BCUT2D eigenvalue weighted by atomic mass is 10.2. The van der Waals surface area contributed by atoms with E-state index in [9.17, 15) is 8.42 Å². The minimum Gasteiger partial charge on any atom is -0.465 e. The summed E-state index contributed by atoms with van der Waals surface area (Å²) in [5.74, 6) is 1.72. The fourth-order valence-electron chi connectivity index (χ4n) is 2.30. The number of hydrogen-bond acceptors (Lipinski definition) is 5. The Morgan fingerprint density at radius 1 is 1.38 bits per heavy atom. The molecule has 3 N–H and O–H groups in total. The van der Waals surface area contributed by atoms with Crippen LogP contribution in [-0.2, 0) is 30.0 Å². The van der Waals surface area contributed by atoms with Gasteiger partial charge in [-0.3, -0.25) is 0 Å². The van der Waals surface area contributed by atoms with Crippen molar-refractivity contribution in [2.75, 3.05) is 6.54 Å². The SMILES string of the molecule is Cc1oc(C)c(S(=O)(=O)NCCc2nccn2C)c1CN. The van der Waals surface area contributed by atoms with Gasteiger partial charge in [0, 0.05) is 44.5 Å². The highest BCUT2D eigenvalue weighted by molar-refractivity contribution is 7.89. The highest BCUT2D eigenvalue weighted by Gasteiger charge is 2.25. The van der Waals surface area contributed by atoms with E-state index in [1.807, 2.05) is 17.8 Å². The topological polar surface area (TPSA) is 103 Å². The molecule has 7 nitrogen and oxygen atoms in total. The molecule has 2 heterocycles. The normalized spacial score (nSPS) is 12.0. The maximum atomic E-state index is 12.4. The lowest BCUT2D eigenvalue weighted by Gasteiger charge is -2.08. The molecule has 21 heavy (non-hydrogen) atoms. The first kappa shape index (κ1) is 15.7. The summed E-state index contributed by atoms with van der Waals surface area (Å²) in [5.41, 5.74) is 6.15. The molecule has 8 heteroatoms. The van der Waals surface area contributed by atoms with Crippen LogP contribution in [0.2, 0.25) is 0 Å². The molecular weight excluding hydrogens is 292 g/mol. The minimum absolute atomic E-state index is 0.124. The van der Waals surface area contributed by atoms with Crippen LogP contribution in [0.4, 0.5) is 0 Å². The van der Waals surface area contributed by atoms with Crippen molar-refractivity contribution in [1.29, 1.82) is 0 Å². The third kappa shape index (κ3) is 3.17. The fourth-order valence-corrected chi connectivity index (χ4v) is 3.79. The molecule has 0 saturated heterocycles. The Balaban J connectivity index is 2.14. The molecule has 0 spiro atoms. The monoisotopic (exact) mass is 312 g/mol. The van der Waals surface area contributed by atoms with E-state index in [1.54, 1.807) is 20.0 Å². The fraction of sp³-hybridized carbons (Fsp3) is 0.462. The summed E-state index contributed by atoms with van der Waals surface area (Å²) in [6, 6.07) is 0. The van der Waals surface area contributed by atoms with E-state index in [0.29, 0.717) is 23.5 Å². The van der Waals surface area contributed by atoms with E-state index in [-0.39, 0.29) is 18.0 Å². The van der Waals surface area contributed by atoms with E-state index < -0.39 is 10.0 Å². The number of nitrogens with one attached hydrogen (secondary N) is 1. The van der Waals surface area contributed by atoms with Gasteiger partial charge < -0.3 is 14.7 Å². The molecule has 0 radical (unpaired) electrons. The van der Waals surface area contributed by atoms with Crippen molar-refractivity contribution in [2.45, 2.75) is 31.7 Å². The Bertz CT molecular complexity index is 731. The second-order valence-electron chi connectivity index (χ2n) is 4.83. The van der Waals surface area contributed by atoms with Crippen molar-refractivity contribution >= 4 is 10.0 Å². The summed E-state index contributed by atoms with van der Waals surface area (Å²) >= 11 is 0. The maximum absolute atomic E-state index is 12.4. The summed E-state index contributed by atoms with van der Waals surface area (Å²) in [6.07, 6.45) is 4.01. The maximum Gasteiger partial charge on any atom is 0.244 e. The van der Waals surface area contributed by atoms with Crippen LogP contribution in [0.25, 0.3) is 0 Å². The molecule has 0 saturated carbocycles. The van der Waals surface area contributed by atoms with Crippen molar-refractivity contribution in [1.82, 2.24) is 14.3 Å². The molecule has 0 atom stereocenters. The van der Waals surface area contributed by atoms with Crippen LogP contribution in [0, 0.1) is 13.8 Å². The van der Waals surface area contributed by atoms with Gasteiger partial charge in [-0.1, -0.05) is 0 Å². The number of nitrogens with zero attached hydrogens (tertiary/aromatic N) is 2. The summed E-state index contributed by atoms with van der Waals surface area (Å²) < 4.78 is 34.6. The molecule has 0 bridgehead atoms. The van der Waals surface area contributed by atoms with Crippen LogP contribution >= 0.6 is 0 Å². The smallest absolute Gasteiger partial charge is 0.244 e. The number of furan rings is 1. The van der Waals surface area contributed by atoms with Crippen molar-refractivity contribution in [2.24, 2.45) is 12.8 Å². The molecule has 2 aromatic rings. The molecule has 0 aliphatic rings. The molecule has 2 rings (SSSR count). The standard InChI is InChI=1S/C13H20N4O3S/c1-9-11(8-14)13(10(2)20-9)21(18,19)16-5-4-12-15-6-7-17(12)3/h6-7,16H,4-5,8,14H2,1-3H3. The third-order valence-corrected chi connectivity index (χ3v) is 5.01. The predicted molar refractivity (Wildman–Crippen MR) is 78.2 cm³/mol. The Labute approximate surface area is 124 Å². The summed E-state index contributed by atoms with van der Waals surface area (Å²) in [6.45, 7) is 3.72. The van der Waals surface area contributed by atoms with Crippen LogP contribution in [0.3, 0.4) is 0 Å². The largest absolute Gasteiger partial charge is 0.465 e. The number of aryl methyl sites for hydroxylation is 3. The number of imidazole rings is 1. The summed E-state index contributed by atoms with van der Waals surface area (Å²) in [4.78, 5) is 4.31. The second kappa shape index (κ2) is 6.00. The summed E-state index contributed by atoms with van der Waals surface area (Å²) in [5, 5.41) is 0. The molecule has 0 unspecified atom stereocenters. The van der Waals surface area contributed by atoms with Gasteiger partial charge in [-0.15, -0.1) is 0 Å². The second-order valence-corrected chi connectivity index (χ2v) is 6.53. The molecule has 0 fully saturated rings. The van der Waals surface area contributed by atoms with Gasteiger partial charge in [0.05, 0.1) is 0 Å². The lowest BCUT2D eigenvalue weighted by molar-refractivity contribution is 0.494. The van der Waals surface area contributed by atoms with E-state index in [2.05, 4.69) is 9.71 Å². The molecule has 0 amide bonds. The predicted octanol–water partition coefficient (Wildman–Crippen LogP) is 0.610. The van der Waals surface area contributed by atoms with Crippen LogP contribution < -0.4 is 10.5 Å². The quantitative estimate of drug-likeness (QED) is 0.813. The van der Waals surface area contributed by atoms with Gasteiger partial charge in [-0.05, 0) is 13.8 Å². The highest BCUT2D eigenvalue weighted by atomic mass is 32.2. The van der Waals surface area contributed by atoms with Crippen LogP contribution in [0.15, 0.2) is 21.7 Å². The van der Waals surface area contributed by atoms with Crippen molar-refractivity contribution in [3.8, 4) is 0 Å². The first-order valence-electron chi connectivity index (χ1n) is 6.61. The zero-order valence-electron chi connectivity index (χ0n) is 12.4. The number of nitrogens with two attached hydrogens (primary N) is 1. The van der Waals surface area contributed by atoms with Crippen molar-refractivity contribution in [3.63, 3.8) is 0 Å². The van der Waals surface area contributed by atoms with E-state index in [1.165, 1.54) is 0 Å². The van der Waals surface area contributed by atoms with Gasteiger partial charge in [-0.25, -0.2) is 18.1 Å². The Kier molecular flexibility index (Phi) is 4.50. The van der Waals surface area contributed by atoms with Gasteiger partial charge in [0.15, 0.2) is 0 Å². The third-order valence-electron chi connectivity index (χ3n) is 3.36. The van der Waals surface area contributed by atoms with Crippen LogP contribution in [0.1, 0.15) is 22.9 Å². The zero-order chi connectivity index (χ0) is 15.6. The number of hydrogen-bond donors (Lipinski definition) is 2. The molecule has 0 aliphatic heterocycles. The minimum atomic E-state index is -3.64. The first-order valence-corrected chi connectivity index (χ1v) is 8.10. The average molecular weight is 312 g/mol. The van der Waals surface area contributed by atoms with Gasteiger partial charge in [0.25, 0.3) is 0 Å². The van der Waals surface area contributed by atoms with E-state index in [4.69, 9.17) is 10.2 Å². The molecule has 0 aromatic carbocycles. The Morgan fingerprint density at radius 3 is 2.67 bits per heavy atom. The summed E-state index contributed by atoms with van der Waals surface area (Å²) in [7, 11) is -1.77. The van der Waals surface area contributed by atoms with E-state index >= 15 is 0 Å². The number of aromatic nitrogens is 2. The number of sulfonamides is 1. The van der Waals surface area contributed by atoms with Crippen LogP contribution in [-0.4, -0.2) is 24.5 Å². The van der Waals surface area contributed by atoms with Gasteiger partial charge in [-0.2, -0.15) is 0 Å². The lowest BCUT2D eigenvalue weighted by Crippen LogP contribution is -2.28. The van der Waals surface area contributed by atoms with Gasteiger partial charge in [0.1, 0.15) is 22.2 Å². The molecular formula is C13H20N4O3S. The number of rotatable bonds is 6. The van der Waals surface area contributed by atoms with Gasteiger partial charge in [0.2, 0.25) is 10.0 Å². The zero-order valence-corrected chi connectivity index (χ0v) is 13.2. The molecule has 2 aromatic heterocycles. The van der Waals surface area contributed by atoms with Crippen molar-refractivity contribution in [3.05, 3.63) is 35.3 Å². The van der Waals surface area contributed by atoms with E-state index in [0.717, 1.165) is 5.82 Å². The van der Waals surface area contributed by atoms with Crippen molar-refractivity contribution < 1.29 is 12.8 Å². The average Bonchev–Trinajstić information content (AvgIpc) is 2.93. The van der Waals surface area contributed by atoms with Gasteiger partial charge >= 0.3 is 0 Å².